The molecule has 3 atom stereocenters. The van der Waals surface area contributed by atoms with Gasteiger partial charge in [-0.25, -0.2) is 0 Å². The van der Waals surface area contributed by atoms with Gasteiger partial charge in [-0.2, -0.15) is 0 Å². The highest BCUT2D eigenvalue weighted by molar-refractivity contribution is 4.63. The van der Waals surface area contributed by atoms with Gasteiger partial charge in [0.2, 0.25) is 0 Å². The van der Waals surface area contributed by atoms with Crippen molar-refractivity contribution in [3.05, 3.63) is 0 Å². The van der Waals surface area contributed by atoms with Gasteiger partial charge in [-0.3, -0.25) is 0 Å². The first-order chi connectivity index (χ1) is 5.60. The smallest absolute Gasteiger partial charge is 0.152 e. The molecule has 0 saturated heterocycles. The Morgan fingerprint density at radius 1 is 1.17 bits per heavy atom. The van der Waals surface area contributed by atoms with Crippen molar-refractivity contribution < 1.29 is 25.2 Å². The van der Waals surface area contributed by atoms with Crippen LogP contribution in [0.15, 0.2) is 0 Å². The van der Waals surface area contributed by atoms with Crippen LogP contribution in [0.3, 0.4) is 0 Å². The molecule has 0 aromatic rings. The molecule has 5 nitrogen and oxygen atoms in total. The third-order valence-electron chi connectivity index (χ3n) is 1.34. The van der Waals surface area contributed by atoms with E-state index in [1.54, 1.807) is 0 Å². The molecule has 0 radical (unpaired) electrons. The van der Waals surface area contributed by atoms with E-state index in [9.17, 15) is 0 Å². The Kier molecular flexibility index (Phi) is 6.23. The molecular weight excluding hydrogens is 164 g/mol. The summed E-state index contributed by atoms with van der Waals surface area (Å²) in [5, 5.41) is 34.9. The second-order valence-corrected chi connectivity index (χ2v) is 2.61. The average molecular weight is 180 g/mol. The quantitative estimate of drug-likeness (QED) is 0.371. The molecule has 12 heavy (non-hydrogen) atoms. The van der Waals surface area contributed by atoms with Crippen LogP contribution in [0.2, 0.25) is 0 Å². The molecular formula is C7H16O5. The fourth-order valence-electron chi connectivity index (χ4n) is 0.830. The maximum Gasteiger partial charge on any atom is 0.152 e. The number of aliphatic hydroxyl groups is 4. The normalized spacial score (nSPS) is 18.8. The summed E-state index contributed by atoms with van der Waals surface area (Å²) in [6, 6.07) is 0. The van der Waals surface area contributed by atoms with Crippen molar-refractivity contribution in [2.75, 3.05) is 13.2 Å². The molecule has 0 rings (SSSR count). The third kappa shape index (κ3) is 5.45. The van der Waals surface area contributed by atoms with Crippen LogP contribution in [0.25, 0.3) is 0 Å². The third-order valence-corrected chi connectivity index (χ3v) is 1.34. The maximum absolute atomic E-state index is 8.95. The topological polar surface area (TPSA) is 90.2 Å². The molecule has 0 spiro atoms. The first kappa shape index (κ1) is 11.8. The van der Waals surface area contributed by atoms with Crippen molar-refractivity contribution in [1.82, 2.24) is 0 Å². The van der Waals surface area contributed by atoms with E-state index in [4.69, 9.17) is 25.2 Å². The Bertz CT molecular complexity index is 106. The molecule has 0 saturated carbocycles. The zero-order chi connectivity index (χ0) is 9.56. The first-order valence-electron chi connectivity index (χ1n) is 3.83. The second-order valence-electron chi connectivity index (χ2n) is 2.61. The van der Waals surface area contributed by atoms with Crippen LogP contribution in [0.4, 0.5) is 0 Å². The fraction of sp³-hybridized carbons (Fsp3) is 1.00. The van der Waals surface area contributed by atoms with Gasteiger partial charge in [-0.15, -0.1) is 0 Å². The highest BCUT2D eigenvalue weighted by Gasteiger charge is 2.15. The molecule has 3 unspecified atom stereocenters. The van der Waals surface area contributed by atoms with E-state index in [1.165, 1.54) is 6.92 Å². The van der Waals surface area contributed by atoms with Crippen molar-refractivity contribution in [3.63, 3.8) is 0 Å². The van der Waals surface area contributed by atoms with Crippen molar-refractivity contribution in [3.8, 4) is 0 Å². The molecule has 0 fully saturated rings. The molecule has 0 aliphatic carbocycles. The van der Waals surface area contributed by atoms with Crippen LogP contribution in [0, 0.1) is 0 Å². The van der Waals surface area contributed by atoms with E-state index in [-0.39, 0.29) is 19.6 Å². The van der Waals surface area contributed by atoms with Crippen molar-refractivity contribution in [2.24, 2.45) is 0 Å². The molecule has 5 heteroatoms. The largest absolute Gasteiger partial charge is 0.394 e. The number of aliphatic hydroxyl groups excluding tert-OH is 4. The zero-order valence-electron chi connectivity index (χ0n) is 7.05. The molecule has 0 aliphatic heterocycles. The SMILES string of the molecule is CC(O)OC(CO)CC(O)CO. The van der Waals surface area contributed by atoms with Crippen molar-refractivity contribution >= 4 is 0 Å². The summed E-state index contributed by atoms with van der Waals surface area (Å²) in [5.41, 5.74) is 0. The Hall–Kier alpha value is -0.200. The van der Waals surface area contributed by atoms with Gasteiger partial charge in [0.15, 0.2) is 6.29 Å². The molecule has 0 aromatic carbocycles. The molecule has 0 bridgehead atoms. The van der Waals surface area contributed by atoms with Crippen molar-refractivity contribution in [1.29, 1.82) is 0 Å². The summed E-state index contributed by atoms with van der Waals surface area (Å²) in [4.78, 5) is 0. The average Bonchev–Trinajstić information content (AvgIpc) is 2.02. The minimum atomic E-state index is -0.979. The van der Waals surface area contributed by atoms with Gasteiger partial charge in [-0.05, 0) is 6.92 Å². The summed E-state index contributed by atoms with van der Waals surface area (Å²) in [5.74, 6) is 0. The fourth-order valence-corrected chi connectivity index (χ4v) is 0.830. The molecule has 4 N–H and O–H groups in total. The summed E-state index contributed by atoms with van der Waals surface area (Å²) in [7, 11) is 0. The minimum Gasteiger partial charge on any atom is -0.394 e. The van der Waals surface area contributed by atoms with E-state index < -0.39 is 18.5 Å². The van der Waals surface area contributed by atoms with E-state index in [0.717, 1.165) is 0 Å². The van der Waals surface area contributed by atoms with Gasteiger partial charge in [0.05, 0.1) is 25.4 Å². The van der Waals surface area contributed by atoms with E-state index in [0.29, 0.717) is 0 Å². The Balaban J connectivity index is 3.66. The minimum absolute atomic E-state index is 0.109. The van der Waals surface area contributed by atoms with E-state index in [1.807, 2.05) is 0 Å². The summed E-state index contributed by atoms with van der Waals surface area (Å²) in [6.45, 7) is 0.746. The standard InChI is InChI=1S/C7H16O5/c1-5(10)12-7(4-9)2-6(11)3-8/h5-11H,2-4H2,1H3. The number of hydrogen-bond donors (Lipinski definition) is 4. The van der Waals surface area contributed by atoms with Crippen LogP contribution < -0.4 is 0 Å². The molecule has 0 amide bonds. The van der Waals surface area contributed by atoms with E-state index >= 15 is 0 Å². The van der Waals surface area contributed by atoms with Gasteiger partial charge < -0.3 is 25.2 Å². The predicted octanol–water partition coefficient (Wildman–Crippen LogP) is -1.55. The number of ether oxygens (including phenoxy) is 1. The Morgan fingerprint density at radius 2 is 1.75 bits per heavy atom. The molecule has 0 heterocycles. The molecule has 0 aliphatic rings. The molecule has 74 valence electrons. The Labute approximate surface area is 71.2 Å². The maximum atomic E-state index is 8.95. The summed E-state index contributed by atoms with van der Waals surface area (Å²) in [6.07, 6.45) is -2.42. The second kappa shape index (κ2) is 6.33. The van der Waals surface area contributed by atoms with Gasteiger partial charge in [0.25, 0.3) is 0 Å². The van der Waals surface area contributed by atoms with Crippen LogP contribution >= 0.6 is 0 Å². The lowest BCUT2D eigenvalue weighted by molar-refractivity contribution is -0.146. The number of rotatable bonds is 6. The summed E-state index contributed by atoms with van der Waals surface area (Å²) >= 11 is 0. The van der Waals surface area contributed by atoms with Crippen LogP contribution in [-0.2, 0) is 4.74 Å². The van der Waals surface area contributed by atoms with Gasteiger partial charge in [0, 0.05) is 6.42 Å². The number of hydrogen-bond acceptors (Lipinski definition) is 5. The Morgan fingerprint density at radius 3 is 2.08 bits per heavy atom. The van der Waals surface area contributed by atoms with Gasteiger partial charge in [0.1, 0.15) is 0 Å². The lowest BCUT2D eigenvalue weighted by Crippen LogP contribution is -2.29. The lowest BCUT2D eigenvalue weighted by Gasteiger charge is -2.19. The molecule has 0 aromatic heterocycles. The van der Waals surface area contributed by atoms with Crippen LogP contribution in [-0.4, -0.2) is 52.1 Å². The predicted molar refractivity (Wildman–Crippen MR) is 41.3 cm³/mol. The van der Waals surface area contributed by atoms with Gasteiger partial charge >= 0.3 is 0 Å². The zero-order valence-corrected chi connectivity index (χ0v) is 7.05. The van der Waals surface area contributed by atoms with Crippen LogP contribution in [0.5, 0.6) is 0 Å². The summed E-state index contributed by atoms with van der Waals surface area (Å²) < 4.78 is 4.81. The lowest BCUT2D eigenvalue weighted by atomic mass is 10.2. The highest BCUT2D eigenvalue weighted by Crippen LogP contribution is 2.04. The van der Waals surface area contributed by atoms with Crippen molar-refractivity contribution in [2.45, 2.75) is 31.8 Å². The van der Waals surface area contributed by atoms with E-state index in [2.05, 4.69) is 0 Å². The highest BCUT2D eigenvalue weighted by atomic mass is 16.6. The first-order valence-corrected chi connectivity index (χ1v) is 3.83. The van der Waals surface area contributed by atoms with Gasteiger partial charge in [-0.1, -0.05) is 0 Å². The monoisotopic (exact) mass is 180 g/mol. The van der Waals surface area contributed by atoms with Crippen LogP contribution in [0.1, 0.15) is 13.3 Å².